The number of benzene rings is 1. The molecule has 29 heavy (non-hydrogen) atoms. The molecule has 1 aromatic carbocycles. The van der Waals surface area contributed by atoms with Gasteiger partial charge in [0.1, 0.15) is 17.4 Å². The third-order valence-electron chi connectivity index (χ3n) is 5.93. The summed E-state index contributed by atoms with van der Waals surface area (Å²) in [6, 6.07) is 5.09. The van der Waals surface area contributed by atoms with Crippen molar-refractivity contribution in [1.29, 1.82) is 0 Å². The van der Waals surface area contributed by atoms with E-state index in [-0.39, 0.29) is 11.5 Å². The summed E-state index contributed by atoms with van der Waals surface area (Å²) in [5.74, 6) is -0.126. The molecule has 1 spiro atoms. The number of fused-ring (bicyclic) bond motifs is 2. The van der Waals surface area contributed by atoms with Gasteiger partial charge in [0.25, 0.3) is 5.91 Å². The van der Waals surface area contributed by atoms with Gasteiger partial charge in [0.05, 0.1) is 17.3 Å². The number of aromatic amines is 1. The lowest BCUT2D eigenvalue weighted by molar-refractivity contribution is -0.0504. The van der Waals surface area contributed by atoms with Crippen LogP contribution in [0.3, 0.4) is 0 Å². The Kier molecular flexibility index (Phi) is 4.02. The Labute approximate surface area is 165 Å². The van der Waals surface area contributed by atoms with E-state index in [1.165, 1.54) is 0 Å². The molecule has 0 radical (unpaired) electrons. The SMILES string of the molecule is CCn1cc2c(n1)C(O)CC1(CCN(C(=O)c3cccc4[nH]c(=O)oc34)CC1)O2. The summed E-state index contributed by atoms with van der Waals surface area (Å²) < 4.78 is 13.2. The van der Waals surface area contributed by atoms with Gasteiger partial charge in [-0.2, -0.15) is 5.10 Å². The summed E-state index contributed by atoms with van der Waals surface area (Å²) in [7, 11) is 0. The third kappa shape index (κ3) is 2.93. The number of aliphatic hydroxyl groups excluding tert-OH is 1. The maximum atomic E-state index is 13.0. The number of para-hydroxylation sites is 1. The van der Waals surface area contributed by atoms with E-state index in [0.717, 1.165) is 0 Å². The number of H-pyrrole nitrogens is 1. The standard InChI is InChI=1S/C20H22N4O5/c1-2-24-11-15-16(22-24)14(25)10-20(29-15)6-8-23(9-7-20)18(26)12-4-3-5-13-17(12)28-19(27)21-13/h3-5,11,14,25H,2,6-10H2,1H3,(H,21,27). The van der Waals surface area contributed by atoms with Crippen LogP contribution in [-0.4, -0.2) is 49.4 Å². The highest BCUT2D eigenvalue weighted by Crippen LogP contribution is 2.43. The van der Waals surface area contributed by atoms with Crippen LogP contribution in [-0.2, 0) is 6.54 Å². The van der Waals surface area contributed by atoms with Crippen molar-refractivity contribution in [3.8, 4) is 5.75 Å². The molecule has 9 nitrogen and oxygen atoms in total. The number of amides is 1. The van der Waals surface area contributed by atoms with Gasteiger partial charge in [0, 0.05) is 38.9 Å². The van der Waals surface area contributed by atoms with Crippen molar-refractivity contribution >= 4 is 17.0 Å². The first kappa shape index (κ1) is 18.0. The molecule has 1 amide bonds. The fraction of sp³-hybridized carbons (Fsp3) is 0.450. The van der Waals surface area contributed by atoms with Gasteiger partial charge < -0.3 is 19.2 Å². The predicted molar refractivity (Wildman–Crippen MR) is 103 cm³/mol. The maximum absolute atomic E-state index is 13.0. The van der Waals surface area contributed by atoms with Crippen molar-refractivity contribution < 1.29 is 19.1 Å². The Morgan fingerprint density at radius 2 is 2.17 bits per heavy atom. The molecular weight excluding hydrogens is 376 g/mol. The molecule has 1 unspecified atom stereocenters. The van der Waals surface area contributed by atoms with Crippen molar-refractivity contribution in [2.24, 2.45) is 0 Å². The van der Waals surface area contributed by atoms with Crippen LogP contribution in [0.1, 0.15) is 48.3 Å². The molecule has 3 aromatic rings. The number of aliphatic hydroxyl groups is 1. The summed E-state index contributed by atoms with van der Waals surface area (Å²) in [4.78, 5) is 28.9. The van der Waals surface area contributed by atoms with Crippen LogP contribution in [0, 0.1) is 0 Å². The molecule has 4 heterocycles. The normalized spacial score (nSPS) is 20.6. The Hall–Kier alpha value is -3.07. The van der Waals surface area contributed by atoms with Gasteiger partial charge in [-0.1, -0.05) is 6.07 Å². The number of piperidine rings is 1. The quantitative estimate of drug-likeness (QED) is 0.681. The van der Waals surface area contributed by atoms with E-state index in [2.05, 4.69) is 10.1 Å². The van der Waals surface area contributed by atoms with Gasteiger partial charge in [-0.3, -0.25) is 14.5 Å². The minimum atomic E-state index is -0.670. The minimum Gasteiger partial charge on any atom is -0.483 e. The second-order valence-electron chi connectivity index (χ2n) is 7.73. The molecule has 2 aliphatic heterocycles. The zero-order chi connectivity index (χ0) is 20.2. The number of nitrogens with zero attached hydrogens (tertiary/aromatic N) is 3. The molecule has 2 aromatic heterocycles. The second-order valence-corrected chi connectivity index (χ2v) is 7.73. The average Bonchev–Trinajstić information content (AvgIpc) is 3.30. The van der Waals surface area contributed by atoms with E-state index >= 15 is 0 Å². The van der Waals surface area contributed by atoms with Gasteiger partial charge in [-0.25, -0.2) is 4.79 Å². The number of ether oxygens (including phenoxy) is 1. The summed E-state index contributed by atoms with van der Waals surface area (Å²) in [5, 5.41) is 15.0. The first-order valence-corrected chi connectivity index (χ1v) is 9.83. The molecule has 5 rings (SSSR count). The average molecular weight is 398 g/mol. The molecular formula is C20H22N4O5. The lowest BCUT2D eigenvalue weighted by Gasteiger charge is -2.44. The molecule has 1 atom stereocenters. The molecule has 0 bridgehead atoms. The second kappa shape index (κ2) is 6.48. The van der Waals surface area contributed by atoms with Crippen LogP contribution < -0.4 is 10.5 Å². The Bertz CT molecular complexity index is 1140. The van der Waals surface area contributed by atoms with Gasteiger partial charge >= 0.3 is 5.76 Å². The summed E-state index contributed by atoms with van der Waals surface area (Å²) >= 11 is 0. The van der Waals surface area contributed by atoms with Crippen LogP contribution in [0.2, 0.25) is 0 Å². The van der Waals surface area contributed by atoms with Gasteiger partial charge in [-0.15, -0.1) is 0 Å². The Morgan fingerprint density at radius 3 is 2.93 bits per heavy atom. The number of carbonyl (C=O) groups is 1. The molecule has 2 N–H and O–H groups in total. The van der Waals surface area contributed by atoms with E-state index in [0.29, 0.717) is 61.4 Å². The highest BCUT2D eigenvalue weighted by atomic mass is 16.5. The molecule has 0 aliphatic carbocycles. The smallest absolute Gasteiger partial charge is 0.417 e. The predicted octanol–water partition coefficient (Wildman–Crippen LogP) is 1.83. The molecule has 152 valence electrons. The van der Waals surface area contributed by atoms with Crippen molar-refractivity contribution in [2.75, 3.05) is 13.1 Å². The van der Waals surface area contributed by atoms with Crippen LogP contribution in [0.5, 0.6) is 5.75 Å². The van der Waals surface area contributed by atoms with Gasteiger partial charge in [0.15, 0.2) is 11.3 Å². The molecule has 1 fully saturated rings. The van der Waals surface area contributed by atoms with Crippen molar-refractivity contribution in [2.45, 2.75) is 44.4 Å². The lowest BCUT2D eigenvalue weighted by atomic mass is 9.83. The number of likely N-dealkylation sites (tertiary alicyclic amines) is 1. The number of nitrogens with one attached hydrogen (secondary N) is 1. The van der Waals surface area contributed by atoms with E-state index in [1.54, 1.807) is 27.8 Å². The fourth-order valence-corrected chi connectivity index (χ4v) is 4.35. The zero-order valence-electron chi connectivity index (χ0n) is 16.1. The highest BCUT2D eigenvalue weighted by molar-refractivity contribution is 6.04. The number of aromatic nitrogens is 3. The number of carbonyl (C=O) groups excluding carboxylic acids is 1. The number of aryl methyl sites for hydroxylation is 1. The van der Waals surface area contributed by atoms with Gasteiger partial charge in [0.2, 0.25) is 0 Å². The largest absolute Gasteiger partial charge is 0.483 e. The van der Waals surface area contributed by atoms with E-state index < -0.39 is 17.5 Å². The summed E-state index contributed by atoms with van der Waals surface area (Å²) in [6.07, 6.45) is 2.84. The monoisotopic (exact) mass is 398 g/mol. The zero-order valence-corrected chi connectivity index (χ0v) is 16.1. The first-order chi connectivity index (χ1) is 14.0. The summed E-state index contributed by atoms with van der Waals surface area (Å²) in [5.41, 5.74) is 1.24. The number of rotatable bonds is 2. The van der Waals surface area contributed by atoms with Crippen molar-refractivity contribution in [3.05, 3.63) is 46.2 Å². The van der Waals surface area contributed by atoms with Crippen LogP contribution in [0.25, 0.3) is 11.1 Å². The van der Waals surface area contributed by atoms with E-state index in [9.17, 15) is 14.7 Å². The van der Waals surface area contributed by atoms with Crippen LogP contribution >= 0.6 is 0 Å². The molecule has 2 aliphatic rings. The Morgan fingerprint density at radius 1 is 1.38 bits per heavy atom. The van der Waals surface area contributed by atoms with Crippen molar-refractivity contribution in [1.82, 2.24) is 19.7 Å². The molecule has 9 heteroatoms. The van der Waals surface area contributed by atoms with Gasteiger partial charge in [-0.05, 0) is 19.1 Å². The maximum Gasteiger partial charge on any atom is 0.417 e. The Balaban J connectivity index is 1.35. The first-order valence-electron chi connectivity index (χ1n) is 9.83. The van der Waals surface area contributed by atoms with Crippen molar-refractivity contribution in [3.63, 3.8) is 0 Å². The summed E-state index contributed by atoms with van der Waals surface area (Å²) in [6.45, 7) is 3.68. The molecule has 0 saturated carbocycles. The van der Waals surface area contributed by atoms with E-state index in [1.807, 2.05) is 13.1 Å². The van der Waals surface area contributed by atoms with Crippen LogP contribution in [0.15, 0.2) is 33.6 Å². The third-order valence-corrected chi connectivity index (χ3v) is 5.93. The number of hydrogen-bond donors (Lipinski definition) is 2. The molecule has 1 saturated heterocycles. The highest BCUT2D eigenvalue weighted by Gasteiger charge is 2.45. The van der Waals surface area contributed by atoms with Crippen LogP contribution in [0.4, 0.5) is 0 Å². The minimum absolute atomic E-state index is 0.177. The van der Waals surface area contributed by atoms with E-state index in [4.69, 9.17) is 9.15 Å². The fourth-order valence-electron chi connectivity index (χ4n) is 4.35. The topological polar surface area (TPSA) is 114 Å². The number of hydrogen-bond acceptors (Lipinski definition) is 6. The lowest BCUT2D eigenvalue weighted by Crippen LogP contribution is -2.51. The number of oxazole rings is 1.